The Balaban J connectivity index is 2.30. The molecule has 2 rings (SSSR count). The van der Waals surface area contributed by atoms with Crippen molar-refractivity contribution in [3.63, 3.8) is 0 Å². The molecule has 0 fully saturated rings. The lowest BCUT2D eigenvalue weighted by Gasteiger charge is -2.06. The van der Waals surface area contributed by atoms with Gasteiger partial charge in [-0.2, -0.15) is 0 Å². The maximum Gasteiger partial charge on any atom is 0.264 e. The van der Waals surface area contributed by atoms with Crippen molar-refractivity contribution in [1.82, 2.24) is 9.97 Å². The first kappa shape index (κ1) is 14.0. The maximum absolute atomic E-state index is 11.7. The highest BCUT2D eigenvalue weighted by Gasteiger charge is 2.07. The summed E-state index contributed by atoms with van der Waals surface area (Å²) in [5, 5.41) is 0. The largest absolute Gasteiger partial charge is 0.494 e. The number of aromatic amines is 1. The van der Waals surface area contributed by atoms with Crippen LogP contribution in [0.1, 0.15) is 19.0 Å². The van der Waals surface area contributed by atoms with Crippen LogP contribution in [0.2, 0.25) is 0 Å². The summed E-state index contributed by atoms with van der Waals surface area (Å²) < 4.78 is 6.15. The summed E-state index contributed by atoms with van der Waals surface area (Å²) in [5.41, 5.74) is 1.51. The average Bonchev–Trinajstić information content (AvgIpc) is 2.42. The van der Waals surface area contributed by atoms with Crippen LogP contribution in [0.15, 0.2) is 29.1 Å². The molecule has 0 unspecified atom stereocenters. The maximum atomic E-state index is 11.7. The predicted molar refractivity (Wildman–Crippen MR) is 83.5 cm³/mol. The Morgan fingerprint density at radius 3 is 2.58 bits per heavy atom. The molecule has 19 heavy (non-hydrogen) atoms. The van der Waals surface area contributed by atoms with E-state index in [4.69, 9.17) is 4.74 Å². The third kappa shape index (κ3) is 3.34. The number of rotatable bonds is 4. The Hall–Kier alpha value is -1.37. The molecule has 0 amide bonds. The minimum absolute atomic E-state index is 0.102. The number of hydrogen-bond donors (Lipinski definition) is 1. The lowest BCUT2D eigenvalue weighted by molar-refractivity contribution is 0.317. The van der Waals surface area contributed by atoms with E-state index < -0.39 is 0 Å². The zero-order valence-corrected chi connectivity index (χ0v) is 13.0. The lowest BCUT2D eigenvalue weighted by atomic mass is 10.2. The monoisotopic (exact) mass is 370 g/mol. The van der Waals surface area contributed by atoms with Gasteiger partial charge in [0.1, 0.15) is 11.6 Å². The van der Waals surface area contributed by atoms with Gasteiger partial charge in [-0.3, -0.25) is 4.79 Å². The molecule has 1 heterocycles. The van der Waals surface area contributed by atoms with Crippen molar-refractivity contribution in [1.29, 1.82) is 0 Å². The number of halogens is 1. The fourth-order valence-corrected chi connectivity index (χ4v) is 1.89. The summed E-state index contributed by atoms with van der Waals surface area (Å²) in [5.74, 6) is 1.42. The fraction of sp³-hybridized carbons (Fsp3) is 0.286. The predicted octanol–water partition coefficient (Wildman–Crippen LogP) is 3.14. The fourth-order valence-electron chi connectivity index (χ4n) is 1.64. The molecule has 1 N–H and O–H groups in total. The Bertz CT molecular complexity index is 620. The lowest BCUT2D eigenvalue weighted by Crippen LogP contribution is -2.14. The van der Waals surface area contributed by atoms with Gasteiger partial charge in [-0.15, -0.1) is 0 Å². The van der Waals surface area contributed by atoms with Gasteiger partial charge in [0.15, 0.2) is 0 Å². The van der Waals surface area contributed by atoms with Gasteiger partial charge in [-0.05, 0) is 60.2 Å². The van der Waals surface area contributed by atoms with Gasteiger partial charge in [0.2, 0.25) is 0 Å². The van der Waals surface area contributed by atoms with Crippen molar-refractivity contribution in [2.45, 2.75) is 20.3 Å². The molecule has 0 radical (unpaired) electrons. The van der Waals surface area contributed by atoms with E-state index in [0.29, 0.717) is 16.0 Å². The van der Waals surface area contributed by atoms with Crippen LogP contribution >= 0.6 is 22.6 Å². The first-order valence-corrected chi connectivity index (χ1v) is 7.19. The molecule has 2 aromatic rings. The van der Waals surface area contributed by atoms with E-state index in [0.717, 1.165) is 23.4 Å². The number of benzene rings is 1. The zero-order valence-electron chi connectivity index (χ0n) is 10.9. The number of nitrogens with one attached hydrogen (secondary N) is 1. The normalized spacial score (nSPS) is 10.5. The zero-order chi connectivity index (χ0) is 13.8. The summed E-state index contributed by atoms with van der Waals surface area (Å²) >= 11 is 2.00. The molecule has 0 saturated carbocycles. The second-order valence-corrected chi connectivity index (χ2v) is 5.27. The van der Waals surface area contributed by atoms with Crippen LogP contribution in [0.3, 0.4) is 0 Å². The van der Waals surface area contributed by atoms with Crippen LogP contribution in [0.25, 0.3) is 11.4 Å². The quantitative estimate of drug-likeness (QED) is 0.842. The molecule has 0 spiro atoms. The molecule has 0 saturated heterocycles. The van der Waals surface area contributed by atoms with Gasteiger partial charge in [0.25, 0.3) is 5.56 Å². The molecule has 0 aliphatic heterocycles. The van der Waals surface area contributed by atoms with E-state index in [1.807, 2.05) is 53.8 Å². The standard InChI is InChI=1S/C14H15IN2O2/c1-3-8-19-11-6-4-10(5-7-11)13-16-9(2)12(15)14(18)17-13/h4-7H,3,8H2,1-2H3,(H,16,17,18). The van der Waals surface area contributed by atoms with Gasteiger partial charge in [0.05, 0.1) is 15.9 Å². The van der Waals surface area contributed by atoms with Crippen molar-refractivity contribution in [2.24, 2.45) is 0 Å². The van der Waals surface area contributed by atoms with Crippen molar-refractivity contribution < 1.29 is 4.74 Å². The second kappa shape index (κ2) is 6.18. The number of H-pyrrole nitrogens is 1. The number of aromatic nitrogens is 2. The van der Waals surface area contributed by atoms with Crippen molar-refractivity contribution in [3.05, 3.63) is 43.9 Å². The highest BCUT2D eigenvalue weighted by Crippen LogP contribution is 2.19. The van der Waals surface area contributed by atoms with Crippen molar-refractivity contribution in [3.8, 4) is 17.1 Å². The SMILES string of the molecule is CCCOc1ccc(-c2nc(C)c(I)c(=O)[nH]2)cc1. The highest BCUT2D eigenvalue weighted by atomic mass is 127. The molecule has 1 aromatic heterocycles. The summed E-state index contributed by atoms with van der Waals surface area (Å²) in [6.07, 6.45) is 0.979. The van der Waals surface area contributed by atoms with Gasteiger partial charge < -0.3 is 9.72 Å². The van der Waals surface area contributed by atoms with Gasteiger partial charge in [0, 0.05) is 5.56 Å². The van der Waals surface area contributed by atoms with Crippen LogP contribution in [-0.2, 0) is 0 Å². The van der Waals surface area contributed by atoms with E-state index in [2.05, 4.69) is 16.9 Å². The topological polar surface area (TPSA) is 55.0 Å². The minimum atomic E-state index is -0.102. The average molecular weight is 370 g/mol. The molecule has 0 aliphatic carbocycles. The number of ether oxygens (including phenoxy) is 1. The van der Waals surface area contributed by atoms with Crippen molar-refractivity contribution >= 4 is 22.6 Å². The number of nitrogens with zero attached hydrogens (tertiary/aromatic N) is 1. The van der Waals surface area contributed by atoms with E-state index in [-0.39, 0.29) is 5.56 Å². The Morgan fingerprint density at radius 2 is 2.00 bits per heavy atom. The van der Waals surface area contributed by atoms with E-state index >= 15 is 0 Å². The Morgan fingerprint density at radius 1 is 1.32 bits per heavy atom. The molecule has 0 bridgehead atoms. The van der Waals surface area contributed by atoms with Crippen LogP contribution < -0.4 is 10.3 Å². The summed E-state index contributed by atoms with van der Waals surface area (Å²) in [6, 6.07) is 7.57. The molecular formula is C14H15IN2O2. The molecule has 0 atom stereocenters. The van der Waals surface area contributed by atoms with Crippen LogP contribution in [-0.4, -0.2) is 16.6 Å². The molecule has 5 heteroatoms. The van der Waals surface area contributed by atoms with E-state index in [1.54, 1.807) is 0 Å². The molecular weight excluding hydrogens is 355 g/mol. The Kier molecular flexibility index (Phi) is 4.57. The third-order valence-corrected chi connectivity index (χ3v) is 3.90. The van der Waals surface area contributed by atoms with Crippen molar-refractivity contribution in [2.75, 3.05) is 6.61 Å². The number of aryl methyl sites for hydroxylation is 1. The third-order valence-electron chi connectivity index (χ3n) is 2.63. The first-order valence-electron chi connectivity index (χ1n) is 6.11. The summed E-state index contributed by atoms with van der Waals surface area (Å²) in [6.45, 7) is 4.60. The van der Waals surface area contributed by atoms with Gasteiger partial charge in [-0.25, -0.2) is 4.98 Å². The van der Waals surface area contributed by atoms with Gasteiger partial charge in [-0.1, -0.05) is 6.92 Å². The number of hydrogen-bond acceptors (Lipinski definition) is 3. The molecule has 1 aromatic carbocycles. The van der Waals surface area contributed by atoms with E-state index in [1.165, 1.54) is 0 Å². The molecule has 4 nitrogen and oxygen atoms in total. The smallest absolute Gasteiger partial charge is 0.264 e. The summed E-state index contributed by atoms with van der Waals surface area (Å²) in [7, 11) is 0. The highest BCUT2D eigenvalue weighted by molar-refractivity contribution is 14.1. The van der Waals surface area contributed by atoms with E-state index in [9.17, 15) is 4.79 Å². The Labute approximate surface area is 125 Å². The molecule has 100 valence electrons. The molecule has 0 aliphatic rings. The second-order valence-electron chi connectivity index (χ2n) is 4.19. The summed E-state index contributed by atoms with van der Waals surface area (Å²) in [4.78, 5) is 18.9. The van der Waals surface area contributed by atoms with Crippen LogP contribution in [0.5, 0.6) is 5.75 Å². The minimum Gasteiger partial charge on any atom is -0.494 e. The first-order chi connectivity index (χ1) is 9.11. The van der Waals surface area contributed by atoms with Gasteiger partial charge >= 0.3 is 0 Å². The van der Waals surface area contributed by atoms with Crippen LogP contribution in [0, 0.1) is 10.5 Å². The van der Waals surface area contributed by atoms with Crippen LogP contribution in [0.4, 0.5) is 0 Å².